The van der Waals surface area contributed by atoms with E-state index < -0.39 is 0 Å². The molecule has 0 radical (unpaired) electrons. The van der Waals surface area contributed by atoms with Gasteiger partial charge in [-0.1, -0.05) is 6.92 Å². The first-order valence-electron chi connectivity index (χ1n) is 6.31. The maximum Gasteiger partial charge on any atom is 0.223 e. The predicted molar refractivity (Wildman–Crippen MR) is 67.7 cm³/mol. The molecule has 0 aromatic rings. The van der Waals surface area contributed by atoms with Crippen molar-refractivity contribution in [2.45, 2.75) is 32.6 Å². The van der Waals surface area contributed by atoms with Crippen LogP contribution < -0.4 is 10.6 Å². The second kappa shape index (κ2) is 6.45. The number of hydrogen-bond acceptors (Lipinski definition) is 2. The third kappa shape index (κ3) is 3.95. The number of likely N-dealkylation sites (N-methyl/N-ethyl adjacent to an activating group) is 1. The van der Waals surface area contributed by atoms with Gasteiger partial charge in [-0.15, -0.1) is 12.4 Å². The predicted octanol–water partition coefficient (Wildman–Crippen LogP) is 1.57. The zero-order chi connectivity index (χ0) is 10.7. The van der Waals surface area contributed by atoms with Crippen LogP contribution in [-0.2, 0) is 4.79 Å². The monoisotopic (exact) mass is 246 g/mol. The van der Waals surface area contributed by atoms with Crippen LogP contribution in [0.25, 0.3) is 0 Å². The number of halogens is 1. The van der Waals surface area contributed by atoms with Crippen LogP contribution in [-0.4, -0.2) is 25.5 Å². The Kier molecular flexibility index (Phi) is 5.56. The van der Waals surface area contributed by atoms with E-state index in [1.807, 2.05) is 0 Å². The molecular formula is C12H23ClN2O. The van der Waals surface area contributed by atoms with E-state index in [1.165, 1.54) is 25.7 Å². The fourth-order valence-electron chi connectivity index (χ4n) is 2.29. The van der Waals surface area contributed by atoms with Gasteiger partial charge in [-0.3, -0.25) is 4.79 Å². The Balaban J connectivity index is 0.00000128. The van der Waals surface area contributed by atoms with Gasteiger partial charge in [-0.25, -0.2) is 0 Å². The summed E-state index contributed by atoms with van der Waals surface area (Å²) in [5.41, 5.74) is 0. The quantitative estimate of drug-likeness (QED) is 0.670. The van der Waals surface area contributed by atoms with E-state index in [9.17, 15) is 4.79 Å². The average Bonchev–Trinajstić information content (AvgIpc) is 3.05. The molecule has 0 heterocycles. The molecule has 0 unspecified atom stereocenters. The van der Waals surface area contributed by atoms with Crippen molar-refractivity contribution in [3.05, 3.63) is 0 Å². The normalized spacial score (nSPS) is 19.4. The maximum atomic E-state index is 11.9. The van der Waals surface area contributed by atoms with E-state index in [0.29, 0.717) is 11.8 Å². The largest absolute Gasteiger partial charge is 0.355 e. The molecule has 0 saturated heterocycles. The van der Waals surface area contributed by atoms with Gasteiger partial charge in [0.15, 0.2) is 0 Å². The smallest absolute Gasteiger partial charge is 0.223 e. The second-order valence-corrected chi connectivity index (χ2v) is 4.85. The molecule has 2 aliphatic carbocycles. The Labute approximate surface area is 104 Å². The molecule has 2 aliphatic rings. The van der Waals surface area contributed by atoms with E-state index in [-0.39, 0.29) is 12.4 Å². The Morgan fingerprint density at radius 3 is 2.19 bits per heavy atom. The van der Waals surface area contributed by atoms with Crippen molar-refractivity contribution in [1.82, 2.24) is 10.6 Å². The molecule has 0 aromatic carbocycles. The number of rotatable bonds is 7. The Hall–Kier alpha value is -0.280. The van der Waals surface area contributed by atoms with E-state index in [1.54, 1.807) is 0 Å². The third-order valence-corrected chi connectivity index (χ3v) is 3.41. The lowest BCUT2D eigenvalue weighted by atomic mass is 9.97. The Bertz CT molecular complexity index is 215. The molecule has 2 saturated carbocycles. The minimum atomic E-state index is 0. The van der Waals surface area contributed by atoms with Gasteiger partial charge in [0.05, 0.1) is 0 Å². The first kappa shape index (κ1) is 13.8. The fourth-order valence-corrected chi connectivity index (χ4v) is 2.29. The molecular weight excluding hydrogens is 224 g/mol. The van der Waals surface area contributed by atoms with Gasteiger partial charge >= 0.3 is 0 Å². The molecule has 0 spiro atoms. The zero-order valence-electron chi connectivity index (χ0n) is 10.00. The fraction of sp³-hybridized carbons (Fsp3) is 0.917. The summed E-state index contributed by atoms with van der Waals surface area (Å²) in [7, 11) is 0. The lowest BCUT2D eigenvalue weighted by Crippen LogP contribution is -2.37. The van der Waals surface area contributed by atoms with Crippen molar-refractivity contribution in [1.29, 1.82) is 0 Å². The molecule has 1 amide bonds. The number of carbonyl (C=O) groups excluding carboxylic acids is 1. The van der Waals surface area contributed by atoms with E-state index in [2.05, 4.69) is 17.6 Å². The minimum absolute atomic E-state index is 0. The summed E-state index contributed by atoms with van der Waals surface area (Å²) in [6.07, 6.45) is 5.12. The number of nitrogens with one attached hydrogen (secondary N) is 2. The van der Waals surface area contributed by atoms with Gasteiger partial charge in [0, 0.05) is 19.0 Å². The van der Waals surface area contributed by atoms with Crippen LogP contribution in [0.3, 0.4) is 0 Å². The van der Waals surface area contributed by atoms with Gasteiger partial charge in [-0.05, 0) is 44.1 Å². The molecule has 2 rings (SSSR count). The topological polar surface area (TPSA) is 41.1 Å². The highest BCUT2D eigenvalue weighted by Gasteiger charge is 2.45. The van der Waals surface area contributed by atoms with Crippen molar-refractivity contribution < 1.29 is 4.79 Å². The number of amides is 1. The summed E-state index contributed by atoms with van der Waals surface area (Å²) in [5, 5.41) is 6.28. The summed E-state index contributed by atoms with van der Waals surface area (Å²) < 4.78 is 0. The van der Waals surface area contributed by atoms with Crippen molar-refractivity contribution in [3.63, 3.8) is 0 Å². The highest BCUT2D eigenvalue weighted by molar-refractivity contribution is 5.85. The molecule has 94 valence electrons. The van der Waals surface area contributed by atoms with Crippen LogP contribution in [0, 0.1) is 17.8 Å². The first-order chi connectivity index (χ1) is 7.33. The molecule has 2 fully saturated rings. The minimum Gasteiger partial charge on any atom is -0.355 e. The van der Waals surface area contributed by atoms with E-state index in [0.717, 1.165) is 31.5 Å². The second-order valence-electron chi connectivity index (χ2n) is 4.85. The van der Waals surface area contributed by atoms with Crippen LogP contribution in [0.4, 0.5) is 0 Å². The average molecular weight is 247 g/mol. The lowest BCUT2D eigenvalue weighted by molar-refractivity contribution is -0.126. The SMILES string of the molecule is CCNCCNC(=O)C(C1CC1)C1CC1.Cl. The summed E-state index contributed by atoms with van der Waals surface area (Å²) >= 11 is 0. The third-order valence-electron chi connectivity index (χ3n) is 3.41. The molecule has 0 aliphatic heterocycles. The highest BCUT2D eigenvalue weighted by atomic mass is 35.5. The molecule has 0 atom stereocenters. The Morgan fingerprint density at radius 2 is 1.75 bits per heavy atom. The van der Waals surface area contributed by atoms with Crippen LogP contribution in [0.1, 0.15) is 32.6 Å². The summed E-state index contributed by atoms with van der Waals surface area (Å²) in [5.74, 6) is 2.11. The molecule has 0 aromatic heterocycles. The van der Waals surface area contributed by atoms with Crippen LogP contribution in [0.2, 0.25) is 0 Å². The standard InChI is InChI=1S/C12H22N2O.ClH/c1-2-13-7-8-14-12(15)11(9-3-4-9)10-5-6-10;/h9-11,13H,2-8H2,1H3,(H,14,15);1H. The zero-order valence-corrected chi connectivity index (χ0v) is 10.8. The summed E-state index contributed by atoms with van der Waals surface area (Å²) in [4.78, 5) is 11.9. The lowest BCUT2D eigenvalue weighted by Gasteiger charge is -2.15. The van der Waals surface area contributed by atoms with Crippen molar-refractivity contribution in [2.75, 3.05) is 19.6 Å². The first-order valence-corrected chi connectivity index (χ1v) is 6.31. The van der Waals surface area contributed by atoms with Gasteiger partial charge in [0.2, 0.25) is 5.91 Å². The number of hydrogen-bond donors (Lipinski definition) is 2. The van der Waals surface area contributed by atoms with Crippen molar-refractivity contribution in [3.8, 4) is 0 Å². The van der Waals surface area contributed by atoms with Gasteiger partial charge in [0.1, 0.15) is 0 Å². The van der Waals surface area contributed by atoms with Gasteiger partial charge in [0.25, 0.3) is 0 Å². The van der Waals surface area contributed by atoms with Crippen molar-refractivity contribution >= 4 is 18.3 Å². The van der Waals surface area contributed by atoms with Crippen LogP contribution >= 0.6 is 12.4 Å². The molecule has 4 heteroatoms. The summed E-state index contributed by atoms with van der Waals surface area (Å²) in [6.45, 7) is 4.73. The van der Waals surface area contributed by atoms with Crippen LogP contribution in [0.15, 0.2) is 0 Å². The van der Waals surface area contributed by atoms with Gasteiger partial charge in [-0.2, -0.15) is 0 Å². The van der Waals surface area contributed by atoms with E-state index in [4.69, 9.17) is 0 Å². The molecule has 0 bridgehead atoms. The van der Waals surface area contributed by atoms with Crippen molar-refractivity contribution in [2.24, 2.45) is 17.8 Å². The Morgan fingerprint density at radius 1 is 1.19 bits per heavy atom. The van der Waals surface area contributed by atoms with Crippen LogP contribution in [0.5, 0.6) is 0 Å². The highest BCUT2D eigenvalue weighted by Crippen LogP contribution is 2.49. The van der Waals surface area contributed by atoms with E-state index >= 15 is 0 Å². The molecule has 16 heavy (non-hydrogen) atoms. The van der Waals surface area contributed by atoms with Gasteiger partial charge < -0.3 is 10.6 Å². The maximum absolute atomic E-state index is 11.9. The number of carbonyl (C=O) groups is 1. The summed E-state index contributed by atoms with van der Waals surface area (Å²) in [6, 6.07) is 0. The molecule has 3 nitrogen and oxygen atoms in total. The molecule has 2 N–H and O–H groups in total.